The summed E-state index contributed by atoms with van der Waals surface area (Å²) in [6.07, 6.45) is 4.48. The van der Waals surface area contributed by atoms with Gasteiger partial charge in [-0.05, 0) is 37.3 Å². The molecule has 0 saturated carbocycles. The molecule has 1 amide bonds. The lowest BCUT2D eigenvalue weighted by Crippen LogP contribution is -2.40. The van der Waals surface area contributed by atoms with E-state index in [2.05, 4.69) is 5.10 Å². The van der Waals surface area contributed by atoms with Gasteiger partial charge in [0.2, 0.25) is 15.9 Å². The molecule has 30 heavy (non-hydrogen) atoms. The van der Waals surface area contributed by atoms with Gasteiger partial charge in [0, 0.05) is 38.3 Å². The number of aryl methyl sites for hydroxylation is 1. The lowest BCUT2D eigenvalue weighted by atomic mass is 9.99. The minimum absolute atomic E-state index is 0.135. The maximum absolute atomic E-state index is 13.0. The third-order valence-electron chi connectivity index (χ3n) is 5.99. The summed E-state index contributed by atoms with van der Waals surface area (Å²) < 4.78 is 27.9. The summed E-state index contributed by atoms with van der Waals surface area (Å²) in [6, 6.07) is 7.83. The summed E-state index contributed by atoms with van der Waals surface area (Å²) in [6.45, 7) is 1.27. The van der Waals surface area contributed by atoms with E-state index < -0.39 is 10.0 Å². The molecule has 4 rings (SSSR count). The fourth-order valence-corrected chi connectivity index (χ4v) is 5.34. The van der Waals surface area contributed by atoms with Crippen LogP contribution in [0.25, 0.3) is 0 Å². The number of hydrogen-bond donors (Lipinski definition) is 0. The second kappa shape index (κ2) is 7.99. The van der Waals surface area contributed by atoms with Gasteiger partial charge in [-0.3, -0.25) is 9.36 Å². The number of amides is 1. The van der Waals surface area contributed by atoms with Gasteiger partial charge in [-0.25, -0.2) is 22.2 Å². The maximum atomic E-state index is 13.0. The van der Waals surface area contributed by atoms with Crippen LogP contribution in [-0.4, -0.2) is 58.9 Å². The van der Waals surface area contributed by atoms with E-state index >= 15 is 0 Å². The normalized spacial score (nSPS) is 20.2. The highest BCUT2D eigenvalue weighted by molar-refractivity contribution is 7.88. The summed E-state index contributed by atoms with van der Waals surface area (Å²) in [5.41, 5.74) is 1.67. The van der Waals surface area contributed by atoms with Gasteiger partial charge in [0.25, 0.3) is 0 Å². The third kappa shape index (κ3) is 3.93. The minimum atomic E-state index is -3.29. The SMILES string of the molecule is Cn1c([C@@H]2CCCN(S(C)(=O)=O)C2)nn(CC(=O)N2CCCc3ccccc32)c1=O. The summed E-state index contributed by atoms with van der Waals surface area (Å²) in [4.78, 5) is 27.5. The molecule has 0 bridgehead atoms. The van der Waals surface area contributed by atoms with Crippen molar-refractivity contribution in [1.29, 1.82) is 0 Å². The Balaban J connectivity index is 1.56. The fraction of sp³-hybridized carbons (Fsp3) is 0.550. The molecule has 10 heteroatoms. The number of fused-ring (bicyclic) bond motifs is 1. The van der Waals surface area contributed by atoms with Crippen molar-refractivity contribution in [2.45, 2.75) is 38.1 Å². The van der Waals surface area contributed by atoms with Crippen LogP contribution in [-0.2, 0) is 34.8 Å². The number of nitrogens with zero attached hydrogens (tertiary/aromatic N) is 5. The van der Waals surface area contributed by atoms with Gasteiger partial charge in [-0.2, -0.15) is 5.10 Å². The monoisotopic (exact) mass is 433 g/mol. The Morgan fingerprint density at radius 1 is 1.20 bits per heavy atom. The molecule has 2 aliphatic rings. The van der Waals surface area contributed by atoms with Crippen molar-refractivity contribution < 1.29 is 13.2 Å². The number of piperidine rings is 1. The molecule has 1 aromatic carbocycles. The van der Waals surface area contributed by atoms with Crippen LogP contribution in [0.3, 0.4) is 0 Å². The molecule has 0 N–H and O–H groups in total. The predicted octanol–water partition coefficient (Wildman–Crippen LogP) is 0.700. The van der Waals surface area contributed by atoms with Gasteiger partial charge in [0.15, 0.2) is 0 Å². The lowest BCUT2D eigenvalue weighted by molar-refractivity contribution is -0.119. The second-order valence-corrected chi connectivity index (χ2v) is 10.1. The molecule has 0 unspecified atom stereocenters. The first kappa shape index (κ1) is 20.8. The van der Waals surface area contributed by atoms with Crippen LogP contribution in [0.4, 0.5) is 5.69 Å². The van der Waals surface area contributed by atoms with E-state index in [0.717, 1.165) is 30.5 Å². The summed E-state index contributed by atoms with van der Waals surface area (Å²) >= 11 is 0. The van der Waals surface area contributed by atoms with Crippen LogP contribution in [0.2, 0.25) is 0 Å². The van der Waals surface area contributed by atoms with Crippen molar-refractivity contribution in [3.8, 4) is 0 Å². The molecule has 1 fully saturated rings. The molecular weight excluding hydrogens is 406 g/mol. The molecule has 0 radical (unpaired) electrons. The number of carbonyl (C=O) groups is 1. The topological polar surface area (TPSA) is 97.5 Å². The van der Waals surface area contributed by atoms with E-state index in [4.69, 9.17) is 0 Å². The Labute approximate surface area is 175 Å². The van der Waals surface area contributed by atoms with Gasteiger partial charge in [0.1, 0.15) is 12.4 Å². The molecule has 1 saturated heterocycles. The van der Waals surface area contributed by atoms with Crippen molar-refractivity contribution in [3.05, 3.63) is 46.1 Å². The Hall–Kier alpha value is -2.46. The quantitative estimate of drug-likeness (QED) is 0.707. The van der Waals surface area contributed by atoms with Gasteiger partial charge in [-0.1, -0.05) is 18.2 Å². The lowest BCUT2D eigenvalue weighted by Gasteiger charge is -2.30. The van der Waals surface area contributed by atoms with Crippen molar-refractivity contribution in [2.24, 2.45) is 7.05 Å². The van der Waals surface area contributed by atoms with E-state index in [9.17, 15) is 18.0 Å². The van der Waals surface area contributed by atoms with E-state index in [1.165, 1.54) is 19.8 Å². The third-order valence-corrected chi connectivity index (χ3v) is 7.26. The highest BCUT2D eigenvalue weighted by Gasteiger charge is 2.31. The summed E-state index contributed by atoms with van der Waals surface area (Å²) in [7, 11) is -1.67. The molecular formula is C20H27N5O4S. The number of aromatic nitrogens is 3. The maximum Gasteiger partial charge on any atom is 0.346 e. The first-order valence-electron chi connectivity index (χ1n) is 10.2. The van der Waals surface area contributed by atoms with E-state index in [1.54, 1.807) is 11.9 Å². The molecule has 2 aliphatic heterocycles. The molecule has 9 nitrogen and oxygen atoms in total. The van der Waals surface area contributed by atoms with Crippen molar-refractivity contribution in [3.63, 3.8) is 0 Å². The minimum Gasteiger partial charge on any atom is -0.311 e. The molecule has 0 spiro atoms. The summed E-state index contributed by atoms with van der Waals surface area (Å²) in [5, 5.41) is 4.44. The number of rotatable bonds is 4. The average molecular weight is 434 g/mol. The number of sulfonamides is 1. The van der Waals surface area contributed by atoms with Crippen LogP contribution in [0.15, 0.2) is 29.1 Å². The predicted molar refractivity (Wildman–Crippen MR) is 113 cm³/mol. The van der Waals surface area contributed by atoms with Crippen molar-refractivity contribution >= 4 is 21.6 Å². The molecule has 0 aliphatic carbocycles. The highest BCUT2D eigenvalue weighted by Crippen LogP contribution is 2.28. The van der Waals surface area contributed by atoms with Crippen LogP contribution in [0.5, 0.6) is 0 Å². The standard InChI is InChI=1S/C20H27N5O4S/c1-22-19(16-9-5-11-23(13-16)30(2,28)29)21-25(20(22)27)14-18(26)24-12-6-8-15-7-3-4-10-17(15)24/h3-4,7,10,16H,5-6,8-9,11-14H2,1-2H3/t16-/m1/s1. The summed E-state index contributed by atoms with van der Waals surface area (Å²) in [5.74, 6) is 0.189. The fourth-order valence-electron chi connectivity index (χ4n) is 4.42. The van der Waals surface area contributed by atoms with Crippen molar-refractivity contribution in [1.82, 2.24) is 18.7 Å². The van der Waals surface area contributed by atoms with Crippen LogP contribution >= 0.6 is 0 Å². The zero-order valence-electron chi connectivity index (χ0n) is 17.3. The number of para-hydroxylation sites is 1. The Bertz CT molecular complexity index is 1120. The van der Waals surface area contributed by atoms with E-state index in [0.29, 0.717) is 31.9 Å². The first-order valence-corrected chi connectivity index (χ1v) is 12.1. The van der Waals surface area contributed by atoms with Gasteiger partial charge in [-0.15, -0.1) is 0 Å². The van der Waals surface area contributed by atoms with Crippen LogP contribution in [0.1, 0.15) is 36.6 Å². The van der Waals surface area contributed by atoms with E-state index in [-0.39, 0.29) is 24.1 Å². The number of benzene rings is 1. The largest absolute Gasteiger partial charge is 0.346 e. The van der Waals surface area contributed by atoms with Crippen molar-refractivity contribution in [2.75, 3.05) is 30.8 Å². The Kier molecular flexibility index (Phi) is 5.54. The first-order chi connectivity index (χ1) is 14.3. The van der Waals surface area contributed by atoms with Gasteiger partial charge < -0.3 is 4.90 Å². The molecule has 1 atom stereocenters. The zero-order chi connectivity index (χ0) is 21.5. The smallest absolute Gasteiger partial charge is 0.311 e. The highest BCUT2D eigenvalue weighted by atomic mass is 32.2. The van der Waals surface area contributed by atoms with Crippen LogP contribution < -0.4 is 10.6 Å². The molecule has 1 aromatic heterocycles. The molecule has 3 heterocycles. The average Bonchev–Trinajstić information content (AvgIpc) is 3.01. The van der Waals surface area contributed by atoms with Gasteiger partial charge in [0.05, 0.1) is 6.26 Å². The number of hydrogen-bond acceptors (Lipinski definition) is 5. The molecule has 2 aromatic rings. The number of carbonyl (C=O) groups excluding carboxylic acids is 1. The Morgan fingerprint density at radius 2 is 1.97 bits per heavy atom. The second-order valence-electron chi connectivity index (χ2n) is 8.10. The van der Waals surface area contributed by atoms with Crippen LogP contribution in [0, 0.1) is 0 Å². The molecule has 162 valence electrons. The van der Waals surface area contributed by atoms with Gasteiger partial charge >= 0.3 is 5.69 Å². The Morgan fingerprint density at radius 3 is 2.73 bits per heavy atom. The zero-order valence-corrected chi connectivity index (χ0v) is 18.1. The van der Waals surface area contributed by atoms with E-state index in [1.807, 2.05) is 24.3 Å². The number of anilines is 1.